The smallest absolute Gasteiger partial charge is 0.298 e. The van der Waals surface area contributed by atoms with Gasteiger partial charge in [-0.1, -0.05) is 0 Å². The molecule has 0 aliphatic rings. The molecule has 5 nitrogen and oxygen atoms in total. The van der Waals surface area contributed by atoms with Crippen LogP contribution in [-0.4, -0.2) is 16.5 Å². The van der Waals surface area contributed by atoms with E-state index < -0.39 is 38.7 Å². The largest absolute Gasteiger partial charge is 0.416 e. The molecule has 0 radical (unpaired) electrons. The highest BCUT2D eigenvalue weighted by molar-refractivity contribution is 6.68. The molecule has 0 bridgehead atoms. The van der Waals surface area contributed by atoms with E-state index in [9.17, 15) is 32.9 Å². The lowest BCUT2D eigenvalue weighted by molar-refractivity contribution is -0.385. The van der Waals surface area contributed by atoms with Crippen LogP contribution in [0.3, 0.4) is 0 Å². The van der Waals surface area contributed by atoms with Crippen LogP contribution in [0.15, 0.2) is 12.1 Å². The third kappa shape index (κ3) is 2.65. The summed E-state index contributed by atoms with van der Waals surface area (Å²) in [5.74, 6) is 0. The van der Waals surface area contributed by atoms with Crippen LogP contribution in [0.2, 0.25) is 0 Å². The van der Waals surface area contributed by atoms with Gasteiger partial charge < -0.3 is 0 Å². The first-order valence-electron chi connectivity index (χ1n) is 4.23. The molecule has 0 spiro atoms. The number of alkyl halides is 3. The maximum Gasteiger partial charge on any atom is 0.416 e. The third-order valence-electron chi connectivity index (χ3n) is 2.01. The fraction of sp³-hybridized carbons (Fsp3) is 0.111. The van der Waals surface area contributed by atoms with Gasteiger partial charge in [0, 0.05) is 6.07 Å². The standard InChI is InChI=1S/C9H3ClF3NO4/c10-8(16)5-1-4(9(11,12)13)2-7(14(17)18)6(5)3-15/h1-3H. The number of benzene rings is 1. The van der Waals surface area contributed by atoms with E-state index in [0.29, 0.717) is 6.07 Å². The molecule has 0 aliphatic carbocycles. The van der Waals surface area contributed by atoms with Crippen LogP contribution < -0.4 is 0 Å². The molecule has 0 unspecified atom stereocenters. The van der Waals surface area contributed by atoms with Crippen LogP contribution >= 0.6 is 11.6 Å². The van der Waals surface area contributed by atoms with Crippen molar-refractivity contribution >= 4 is 28.8 Å². The molecule has 96 valence electrons. The molecule has 0 atom stereocenters. The summed E-state index contributed by atoms with van der Waals surface area (Å²) in [5.41, 5.74) is -4.19. The normalized spacial score (nSPS) is 11.1. The van der Waals surface area contributed by atoms with Crippen molar-refractivity contribution in [1.82, 2.24) is 0 Å². The lowest BCUT2D eigenvalue weighted by atomic mass is 10.0. The molecule has 9 heteroatoms. The highest BCUT2D eigenvalue weighted by Crippen LogP contribution is 2.34. The van der Waals surface area contributed by atoms with Crippen molar-refractivity contribution < 1.29 is 27.7 Å². The lowest BCUT2D eigenvalue weighted by Gasteiger charge is -2.09. The Balaban J connectivity index is 3.70. The van der Waals surface area contributed by atoms with E-state index in [0.717, 1.165) is 0 Å². The molecular formula is C9H3ClF3NO4. The SMILES string of the molecule is O=Cc1c(C(=O)Cl)cc(C(F)(F)F)cc1[N+](=O)[O-]. The van der Waals surface area contributed by atoms with E-state index in [1.165, 1.54) is 0 Å². The Labute approximate surface area is 102 Å². The molecule has 0 fully saturated rings. The Morgan fingerprint density at radius 1 is 1.39 bits per heavy atom. The number of carbonyl (C=O) groups is 2. The number of halogens is 4. The summed E-state index contributed by atoms with van der Waals surface area (Å²) in [6.45, 7) is 0. The zero-order valence-corrected chi connectivity index (χ0v) is 9.08. The molecule has 0 aliphatic heterocycles. The Morgan fingerprint density at radius 2 is 1.94 bits per heavy atom. The van der Waals surface area contributed by atoms with Gasteiger partial charge in [0.05, 0.1) is 16.1 Å². The minimum absolute atomic E-state index is 0.0894. The summed E-state index contributed by atoms with van der Waals surface area (Å²) < 4.78 is 37.3. The van der Waals surface area contributed by atoms with Crippen LogP contribution in [0.5, 0.6) is 0 Å². The van der Waals surface area contributed by atoms with Gasteiger partial charge in [-0.05, 0) is 17.7 Å². The minimum Gasteiger partial charge on any atom is -0.298 e. The van der Waals surface area contributed by atoms with Crippen molar-refractivity contribution in [3.05, 3.63) is 38.9 Å². The summed E-state index contributed by atoms with van der Waals surface area (Å²) in [4.78, 5) is 30.9. The maximum atomic E-state index is 12.4. The van der Waals surface area contributed by atoms with Crippen molar-refractivity contribution in [2.24, 2.45) is 0 Å². The highest BCUT2D eigenvalue weighted by atomic mass is 35.5. The van der Waals surface area contributed by atoms with Crippen LogP contribution in [0.25, 0.3) is 0 Å². The number of carbonyl (C=O) groups excluding carboxylic acids is 2. The Bertz CT molecular complexity index is 506. The zero-order chi connectivity index (χ0) is 14.1. The van der Waals surface area contributed by atoms with Gasteiger partial charge in [0.1, 0.15) is 5.56 Å². The summed E-state index contributed by atoms with van der Waals surface area (Å²) in [6.07, 6.45) is -4.98. The Hall–Kier alpha value is -1.96. The molecule has 1 aromatic carbocycles. The second kappa shape index (κ2) is 4.73. The fourth-order valence-corrected chi connectivity index (χ4v) is 1.40. The van der Waals surface area contributed by atoms with Crippen molar-refractivity contribution in [3.63, 3.8) is 0 Å². The number of nitro groups is 1. The van der Waals surface area contributed by atoms with Crippen molar-refractivity contribution in [2.45, 2.75) is 6.18 Å². The van der Waals surface area contributed by atoms with Gasteiger partial charge in [0.15, 0.2) is 6.29 Å². The quantitative estimate of drug-likeness (QED) is 0.369. The van der Waals surface area contributed by atoms with Gasteiger partial charge in [-0.15, -0.1) is 0 Å². The summed E-state index contributed by atoms with van der Waals surface area (Å²) in [6, 6.07) is 0.471. The van der Waals surface area contributed by atoms with Crippen LogP contribution in [0, 0.1) is 10.1 Å². The summed E-state index contributed by atoms with van der Waals surface area (Å²) >= 11 is 5.00. The van der Waals surface area contributed by atoms with E-state index >= 15 is 0 Å². The average molecular weight is 282 g/mol. The molecule has 0 saturated heterocycles. The number of hydrogen-bond donors (Lipinski definition) is 0. The lowest BCUT2D eigenvalue weighted by Crippen LogP contribution is -2.10. The first kappa shape index (κ1) is 14.1. The third-order valence-corrected chi connectivity index (χ3v) is 2.22. The first-order valence-corrected chi connectivity index (χ1v) is 4.61. The van der Waals surface area contributed by atoms with Gasteiger partial charge in [0.25, 0.3) is 10.9 Å². The Morgan fingerprint density at radius 3 is 2.28 bits per heavy atom. The second-order valence-electron chi connectivity index (χ2n) is 3.10. The van der Waals surface area contributed by atoms with E-state index in [1.54, 1.807) is 0 Å². The average Bonchev–Trinajstić information content (AvgIpc) is 2.25. The molecule has 1 rings (SSSR count). The minimum atomic E-state index is -4.90. The van der Waals surface area contributed by atoms with Crippen molar-refractivity contribution in [1.29, 1.82) is 0 Å². The van der Waals surface area contributed by atoms with E-state index in [4.69, 9.17) is 11.6 Å². The molecule has 0 heterocycles. The first-order chi connectivity index (χ1) is 8.18. The topological polar surface area (TPSA) is 77.3 Å². The van der Waals surface area contributed by atoms with Gasteiger partial charge in [0.2, 0.25) is 0 Å². The molecule has 0 N–H and O–H groups in total. The molecular weight excluding hydrogens is 279 g/mol. The molecule has 0 aromatic heterocycles. The van der Waals surface area contributed by atoms with Gasteiger partial charge >= 0.3 is 6.18 Å². The van der Waals surface area contributed by atoms with Gasteiger partial charge in [-0.3, -0.25) is 19.7 Å². The number of rotatable bonds is 3. The number of aldehydes is 1. The zero-order valence-electron chi connectivity index (χ0n) is 8.32. The van der Waals surface area contributed by atoms with Crippen LogP contribution in [-0.2, 0) is 6.18 Å². The van der Waals surface area contributed by atoms with Crippen molar-refractivity contribution in [3.8, 4) is 0 Å². The van der Waals surface area contributed by atoms with Crippen molar-refractivity contribution in [2.75, 3.05) is 0 Å². The van der Waals surface area contributed by atoms with Crippen LogP contribution in [0.1, 0.15) is 26.3 Å². The second-order valence-corrected chi connectivity index (χ2v) is 3.45. The fourth-order valence-electron chi connectivity index (χ4n) is 1.24. The predicted molar refractivity (Wildman–Crippen MR) is 53.7 cm³/mol. The Kier molecular flexibility index (Phi) is 3.70. The molecule has 0 amide bonds. The maximum absolute atomic E-state index is 12.4. The number of nitro benzene ring substituents is 1. The van der Waals surface area contributed by atoms with E-state index in [-0.39, 0.29) is 12.4 Å². The van der Waals surface area contributed by atoms with Crippen LogP contribution in [0.4, 0.5) is 18.9 Å². The van der Waals surface area contributed by atoms with E-state index in [1.807, 2.05) is 0 Å². The predicted octanol–water partition coefficient (Wildman–Crippen LogP) is 2.81. The summed E-state index contributed by atoms with van der Waals surface area (Å²) in [5, 5.41) is 9.18. The van der Waals surface area contributed by atoms with E-state index in [2.05, 4.69) is 0 Å². The highest BCUT2D eigenvalue weighted by Gasteiger charge is 2.35. The number of hydrogen-bond acceptors (Lipinski definition) is 4. The number of nitrogens with zero attached hydrogens (tertiary/aromatic N) is 1. The molecule has 18 heavy (non-hydrogen) atoms. The molecule has 0 saturated carbocycles. The summed E-state index contributed by atoms with van der Waals surface area (Å²) in [7, 11) is 0. The van der Waals surface area contributed by atoms with Gasteiger partial charge in [-0.25, -0.2) is 0 Å². The molecule has 1 aromatic rings. The van der Waals surface area contributed by atoms with Gasteiger partial charge in [-0.2, -0.15) is 13.2 Å². The monoisotopic (exact) mass is 281 g/mol.